The Labute approximate surface area is 104 Å². The van der Waals surface area contributed by atoms with Gasteiger partial charge in [-0.15, -0.1) is 0 Å². The van der Waals surface area contributed by atoms with Gasteiger partial charge in [-0.25, -0.2) is 0 Å². The predicted octanol–water partition coefficient (Wildman–Crippen LogP) is 1.08. The summed E-state index contributed by atoms with van der Waals surface area (Å²) in [6, 6.07) is 0. The molecule has 1 aliphatic heterocycles. The molecule has 0 amide bonds. The van der Waals surface area contributed by atoms with Crippen LogP contribution in [0.4, 0.5) is 0 Å². The maximum absolute atomic E-state index is 4.44. The van der Waals surface area contributed by atoms with Crippen molar-refractivity contribution in [2.45, 2.75) is 26.8 Å². The van der Waals surface area contributed by atoms with E-state index in [2.05, 4.69) is 36.2 Å². The second-order valence-corrected chi connectivity index (χ2v) is 5.32. The Morgan fingerprint density at radius 2 is 2.12 bits per heavy atom. The minimum Gasteiger partial charge on any atom is -0.312 e. The number of nitrogens with zero attached hydrogens (tertiary/aromatic N) is 3. The Bertz CT molecular complexity index is 383. The van der Waals surface area contributed by atoms with Gasteiger partial charge in [-0.05, 0) is 46.3 Å². The first-order valence-corrected chi connectivity index (χ1v) is 6.46. The molecule has 4 heteroatoms. The van der Waals surface area contributed by atoms with Crippen molar-refractivity contribution in [1.29, 1.82) is 0 Å². The zero-order valence-electron chi connectivity index (χ0n) is 11.5. The van der Waals surface area contributed by atoms with Gasteiger partial charge in [0.15, 0.2) is 0 Å². The van der Waals surface area contributed by atoms with Crippen molar-refractivity contribution < 1.29 is 0 Å². The Morgan fingerprint density at radius 1 is 1.35 bits per heavy atom. The first-order chi connectivity index (χ1) is 8.08. The molecule has 0 radical (unpaired) electrons. The Hall–Kier alpha value is -0.870. The average molecular weight is 236 g/mol. The van der Waals surface area contributed by atoms with Gasteiger partial charge in [0.1, 0.15) is 0 Å². The highest BCUT2D eigenvalue weighted by Gasteiger charge is 2.19. The quantitative estimate of drug-likeness (QED) is 0.849. The van der Waals surface area contributed by atoms with E-state index in [1.807, 2.05) is 11.7 Å². The molecule has 0 spiro atoms. The third kappa shape index (κ3) is 2.87. The summed E-state index contributed by atoms with van der Waals surface area (Å²) in [5.74, 6) is 0.817. The van der Waals surface area contributed by atoms with E-state index in [4.69, 9.17) is 0 Å². The van der Waals surface area contributed by atoms with Gasteiger partial charge in [0, 0.05) is 31.4 Å². The monoisotopic (exact) mass is 236 g/mol. The van der Waals surface area contributed by atoms with E-state index in [-0.39, 0.29) is 0 Å². The van der Waals surface area contributed by atoms with Gasteiger partial charge in [-0.3, -0.25) is 4.68 Å². The molecular weight excluding hydrogens is 212 g/mol. The molecule has 1 fully saturated rings. The molecule has 1 aromatic rings. The Morgan fingerprint density at radius 3 is 2.65 bits per heavy atom. The van der Waals surface area contributed by atoms with Crippen molar-refractivity contribution in [3.05, 3.63) is 17.0 Å². The number of aromatic nitrogens is 2. The summed E-state index contributed by atoms with van der Waals surface area (Å²) in [5, 5.41) is 8.02. The molecule has 2 rings (SSSR count). The molecule has 2 heterocycles. The molecule has 0 bridgehead atoms. The second-order valence-electron chi connectivity index (χ2n) is 5.32. The van der Waals surface area contributed by atoms with Gasteiger partial charge in [0.25, 0.3) is 0 Å². The molecule has 1 N–H and O–H groups in total. The van der Waals surface area contributed by atoms with Gasteiger partial charge in [0.2, 0.25) is 0 Å². The molecule has 0 aliphatic carbocycles. The van der Waals surface area contributed by atoms with Gasteiger partial charge < -0.3 is 10.2 Å². The van der Waals surface area contributed by atoms with E-state index >= 15 is 0 Å². The highest BCUT2D eigenvalue weighted by atomic mass is 15.3. The molecule has 1 atom stereocenters. The Balaban J connectivity index is 1.82. The van der Waals surface area contributed by atoms with E-state index in [1.165, 1.54) is 30.8 Å². The molecule has 1 aromatic heterocycles. The van der Waals surface area contributed by atoms with Crippen LogP contribution in [0, 0.1) is 19.8 Å². The average Bonchev–Trinajstić information content (AvgIpc) is 2.78. The first kappa shape index (κ1) is 12.6. The summed E-state index contributed by atoms with van der Waals surface area (Å²) in [5.41, 5.74) is 3.79. The van der Waals surface area contributed by atoms with Crippen LogP contribution in [-0.4, -0.2) is 41.4 Å². The van der Waals surface area contributed by atoms with E-state index < -0.39 is 0 Å². The van der Waals surface area contributed by atoms with E-state index in [9.17, 15) is 0 Å². The number of hydrogen-bond donors (Lipinski definition) is 1. The summed E-state index contributed by atoms with van der Waals surface area (Å²) < 4.78 is 1.97. The summed E-state index contributed by atoms with van der Waals surface area (Å²) in [7, 11) is 4.22. The van der Waals surface area contributed by atoms with Gasteiger partial charge in [-0.2, -0.15) is 5.10 Å². The third-order valence-electron chi connectivity index (χ3n) is 3.88. The fourth-order valence-corrected chi connectivity index (χ4v) is 2.67. The number of aryl methyl sites for hydroxylation is 2. The van der Waals surface area contributed by atoms with Crippen molar-refractivity contribution in [3.8, 4) is 0 Å². The smallest absolute Gasteiger partial charge is 0.0641 e. The molecule has 1 saturated heterocycles. The number of likely N-dealkylation sites (tertiary alicyclic amines) is 1. The highest BCUT2D eigenvalue weighted by molar-refractivity contribution is 5.23. The van der Waals surface area contributed by atoms with Crippen molar-refractivity contribution in [2.75, 3.05) is 26.7 Å². The fraction of sp³-hybridized carbons (Fsp3) is 0.769. The van der Waals surface area contributed by atoms with Crippen LogP contribution in [0.5, 0.6) is 0 Å². The van der Waals surface area contributed by atoms with Crippen molar-refractivity contribution >= 4 is 0 Å². The number of nitrogens with one attached hydrogen (secondary N) is 1. The van der Waals surface area contributed by atoms with E-state index in [0.717, 1.165) is 24.7 Å². The maximum Gasteiger partial charge on any atom is 0.0641 e. The summed E-state index contributed by atoms with van der Waals surface area (Å²) >= 11 is 0. The standard InChI is InChI=1S/C13H24N4/c1-10-13(11(2)17(4)15-10)8-14-7-12-5-6-16(3)9-12/h12,14H,5-9H2,1-4H3. The van der Waals surface area contributed by atoms with Crippen molar-refractivity contribution in [2.24, 2.45) is 13.0 Å². The second kappa shape index (κ2) is 5.19. The maximum atomic E-state index is 4.44. The molecule has 4 nitrogen and oxygen atoms in total. The summed E-state index contributed by atoms with van der Waals surface area (Å²) in [6.45, 7) is 8.78. The van der Waals surface area contributed by atoms with Crippen LogP contribution in [-0.2, 0) is 13.6 Å². The largest absolute Gasteiger partial charge is 0.312 e. The van der Waals surface area contributed by atoms with E-state index in [0.29, 0.717) is 0 Å². The lowest BCUT2D eigenvalue weighted by atomic mass is 10.1. The van der Waals surface area contributed by atoms with Crippen molar-refractivity contribution in [3.63, 3.8) is 0 Å². The van der Waals surface area contributed by atoms with E-state index in [1.54, 1.807) is 0 Å². The zero-order chi connectivity index (χ0) is 12.4. The Kier molecular flexibility index (Phi) is 3.84. The molecule has 17 heavy (non-hydrogen) atoms. The lowest BCUT2D eigenvalue weighted by Crippen LogP contribution is -2.25. The molecule has 1 unspecified atom stereocenters. The van der Waals surface area contributed by atoms with Gasteiger partial charge in [0.05, 0.1) is 5.69 Å². The highest BCUT2D eigenvalue weighted by Crippen LogP contribution is 2.14. The van der Waals surface area contributed by atoms with Crippen LogP contribution in [0.1, 0.15) is 23.4 Å². The topological polar surface area (TPSA) is 33.1 Å². The van der Waals surface area contributed by atoms with Crippen LogP contribution in [0.2, 0.25) is 0 Å². The van der Waals surface area contributed by atoms with Crippen LogP contribution >= 0.6 is 0 Å². The molecule has 0 saturated carbocycles. The number of rotatable bonds is 4. The normalized spacial score (nSPS) is 21.3. The van der Waals surface area contributed by atoms with Crippen LogP contribution in [0.15, 0.2) is 0 Å². The zero-order valence-corrected chi connectivity index (χ0v) is 11.5. The molecule has 96 valence electrons. The fourth-order valence-electron chi connectivity index (χ4n) is 2.67. The predicted molar refractivity (Wildman–Crippen MR) is 70.0 cm³/mol. The third-order valence-corrected chi connectivity index (χ3v) is 3.88. The minimum atomic E-state index is 0.817. The van der Waals surface area contributed by atoms with Gasteiger partial charge >= 0.3 is 0 Å². The summed E-state index contributed by atoms with van der Waals surface area (Å²) in [6.07, 6.45) is 1.33. The van der Waals surface area contributed by atoms with Crippen LogP contribution in [0.25, 0.3) is 0 Å². The van der Waals surface area contributed by atoms with Crippen LogP contribution < -0.4 is 5.32 Å². The first-order valence-electron chi connectivity index (χ1n) is 6.46. The number of hydrogen-bond acceptors (Lipinski definition) is 3. The minimum absolute atomic E-state index is 0.817. The SMILES string of the molecule is Cc1nn(C)c(C)c1CNCC1CCN(C)C1. The van der Waals surface area contributed by atoms with Crippen LogP contribution in [0.3, 0.4) is 0 Å². The molecule has 0 aromatic carbocycles. The molecular formula is C13H24N4. The lowest BCUT2D eigenvalue weighted by molar-refractivity contribution is 0.388. The lowest BCUT2D eigenvalue weighted by Gasteiger charge is -2.11. The van der Waals surface area contributed by atoms with Gasteiger partial charge in [-0.1, -0.05) is 0 Å². The molecule has 1 aliphatic rings. The van der Waals surface area contributed by atoms with Crippen molar-refractivity contribution in [1.82, 2.24) is 20.0 Å². The summed E-state index contributed by atoms with van der Waals surface area (Å²) in [4.78, 5) is 2.41.